The van der Waals surface area contributed by atoms with Crippen LogP contribution in [0.4, 0.5) is 5.69 Å². The number of benzene rings is 1. The Balaban J connectivity index is 2.20. The molecular formula is C13H13N3O3. The summed E-state index contributed by atoms with van der Waals surface area (Å²) in [5.41, 5.74) is 1.13. The van der Waals surface area contributed by atoms with Crippen molar-refractivity contribution in [1.29, 1.82) is 0 Å². The van der Waals surface area contributed by atoms with Crippen LogP contribution >= 0.6 is 0 Å². The molecule has 2 N–H and O–H groups in total. The fraction of sp³-hybridized carbons (Fsp3) is 0.154. The molecule has 1 aromatic heterocycles. The van der Waals surface area contributed by atoms with Crippen molar-refractivity contribution >= 4 is 11.6 Å². The normalized spacial score (nSPS) is 10.2. The van der Waals surface area contributed by atoms with Crippen molar-refractivity contribution in [2.75, 3.05) is 5.32 Å². The maximum Gasteiger partial charge on any atom is 0.276 e. The van der Waals surface area contributed by atoms with Crippen molar-refractivity contribution < 1.29 is 9.90 Å². The molecule has 0 atom stereocenters. The third-order valence-corrected chi connectivity index (χ3v) is 2.56. The van der Waals surface area contributed by atoms with Crippen LogP contribution in [0.1, 0.15) is 16.1 Å². The zero-order valence-corrected chi connectivity index (χ0v) is 10.3. The number of anilines is 1. The molecule has 0 radical (unpaired) electrons. The zero-order chi connectivity index (χ0) is 13.8. The highest BCUT2D eigenvalue weighted by Crippen LogP contribution is 2.11. The van der Waals surface area contributed by atoms with Gasteiger partial charge < -0.3 is 10.4 Å². The molecule has 0 saturated heterocycles. The number of aromatic nitrogens is 2. The lowest BCUT2D eigenvalue weighted by Crippen LogP contribution is -2.23. The Bertz CT molecular complexity index is 664. The summed E-state index contributed by atoms with van der Waals surface area (Å²) in [6.07, 6.45) is 0. The molecule has 6 nitrogen and oxygen atoms in total. The van der Waals surface area contributed by atoms with E-state index in [1.165, 1.54) is 19.2 Å². The molecule has 0 spiro atoms. The quantitative estimate of drug-likeness (QED) is 0.842. The second kappa shape index (κ2) is 5.45. The smallest absolute Gasteiger partial charge is 0.276 e. The Morgan fingerprint density at radius 3 is 2.84 bits per heavy atom. The predicted octanol–water partition coefficient (Wildman–Crippen LogP) is 0.525. The van der Waals surface area contributed by atoms with E-state index in [0.717, 1.165) is 4.68 Å². The molecule has 0 aliphatic rings. The first-order chi connectivity index (χ1) is 9.10. The summed E-state index contributed by atoms with van der Waals surface area (Å²) >= 11 is 0. The second-order valence-corrected chi connectivity index (χ2v) is 3.99. The standard InChI is InChI=1S/C13H13N3O3/c1-16-12(18)6-5-11(15-16)13(19)14-10-4-2-3-9(7-10)8-17/h2-7,17H,8H2,1H3,(H,14,19). The van der Waals surface area contributed by atoms with Gasteiger partial charge in [-0.25, -0.2) is 4.68 Å². The van der Waals surface area contributed by atoms with Crippen LogP contribution in [-0.2, 0) is 13.7 Å². The van der Waals surface area contributed by atoms with Gasteiger partial charge in [0.2, 0.25) is 0 Å². The summed E-state index contributed by atoms with van der Waals surface area (Å²) < 4.78 is 1.10. The molecule has 1 amide bonds. The van der Waals surface area contributed by atoms with Crippen molar-refractivity contribution in [3.05, 3.63) is 58.0 Å². The van der Waals surface area contributed by atoms with E-state index in [9.17, 15) is 9.59 Å². The Labute approximate surface area is 109 Å². The van der Waals surface area contributed by atoms with Crippen LogP contribution < -0.4 is 10.9 Å². The van der Waals surface area contributed by atoms with E-state index >= 15 is 0 Å². The molecule has 6 heteroatoms. The van der Waals surface area contributed by atoms with Gasteiger partial charge in [-0.3, -0.25) is 9.59 Å². The number of nitrogens with one attached hydrogen (secondary N) is 1. The fourth-order valence-corrected chi connectivity index (χ4v) is 1.57. The van der Waals surface area contributed by atoms with Crippen molar-refractivity contribution in [1.82, 2.24) is 9.78 Å². The third kappa shape index (κ3) is 3.05. The number of carbonyl (C=O) groups is 1. The number of rotatable bonds is 3. The van der Waals surface area contributed by atoms with Crippen molar-refractivity contribution in [3.8, 4) is 0 Å². The van der Waals surface area contributed by atoms with E-state index < -0.39 is 5.91 Å². The van der Waals surface area contributed by atoms with Gasteiger partial charge in [-0.2, -0.15) is 5.10 Å². The Kier molecular flexibility index (Phi) is 3.72. The number of hydrogen-bond acceptors (Lipinski definition) is 4. The van der Waals surface area contributed by atoms with E-state index in [2.05, 4.69) is 10.4 Å². The average Bonchev–Trinajstić information content (AvgIpc) is 2.42. The summed E-state index contributed by atoms with van der Waals surface area (Å²) in [6, 6.07) is 9.51. The Hall–Kier alpha value is -2.47. The van der Waals surface area contributed by atoms with Gasteiger partial charge in [0, 0.05) is 18.8 Å². The molecule has 0 unspecified atom stereocenters. The van der Waals surface area contributed by atoms with Crippen molar-refractivity contribution in [2.45, 2.75) is 6.61 Å². The largest absolute Gasteiger partial charge is 0.392 e. The minimum absolute atomic E-state index is 0.0954. The summed E-state index contributed by atoms with van der Waals surface area (Å²) in [5.74, 6) is -0.411. The van der Waals surface area contributed by atoms with E-state index in [-0.39, 0.29) is 17.9 Å². The molecule has 0 aliphatic carbocycles. The molecule has 0 saturated carbocycles. The van der Waals surface area contributed by atoms with Crippen LogP contribution in [0, 0.1) is 0 Å². The molecule has 2 aromatic rings. The van der Waals surface area contributed by atoms with Gasteiger partial charge in [-0.1, -0.05) is 12.1 Å². The number of amides is 1. The molecule has 0 fully saturated rings. The lowest BCUT2D eigenvalue weighted by atomic mass is 10.2. The maximum atomic E-state index is 11.9. The lowest BCUT2D eigenvalue weighted by molar-refractivity contribution is 0.102. The SMILES string of the molecule is Cn1nc(C(=O)Nc2cccc(CO)c2)ccc1=O. The van der Waals surface area contributed by atoms with E-state index in [1.54, 1.807) is 24.3 Å². The van der Waals surface area contributed by atoms with Crippen LogP contribution in [-0.4, -0.2) is 20.8 Å². The lowest BCUT2D eigenvalue weighted by Gasteiger charge is -2.06. The van der Waals surface area contributed by atoms with Gasteiger partial charge in [-0.05, 0) is 23.8 Å². The van der Waals surface area contributed by atoms with Gasteiger partial charge in [-0.15, -0.1) is 0 Å². The number of carbonyl (C=O) groups excluding carboxylic acids is 1. The van der Waals surface area contributed by atoms with Crippen LogP contribution in [0.3, 0.4) is 0 Å². The number of aliphatic hydroxyl groups excluding tert-OH is 1. The van der Waals surface area contributed by atoms with E-state index in [1.807, 2.05) is 0 Å². The maximum absolute atomic E-state index is 11.9. The Morgan fingerprint density at radius 1 is 1.37 bits per heavy atom. The second-order valence-electron chi connectivity index (χ2n) is 3.99. The Morgan fingerprint density at radius 2 is 2.16 bits per heavy atom. The minimum atomic E-state index is -0.411. The molecular weight excluding hydrogens is 246 g/mol. The van der Waals surface area contributed by atoms with E-state index in [0.29, 0.717) is 11.3 Å². The van der Waals surface area contributed by atoms with E-state index in [4.69, 9.17) is 5.11 Å². The highest BCUT2D eigenvalue weighted by Gasteiger charge is 2.09. The van der Waals surface area contributed by atoms with Crippen LogP contribution in [0.5, 0.6) is 0 Å². The van der Waals surface area contributed by atoms with Crippen LogP contribution in [0.2, 0.25) is 0 Å². The van der Waals surface area contributed by atoms with Gasteiger partial charge in [0.1, 0.15) is 5.69 Å². The minimum Gasteiger partial charge on any atom is -0.392 e. The predicted molar refractivity (Wildman–Crippen MR) is 69.8 cm³/mol. The summed E-state index contributed by atoms with van der Waals surface area (Å²) in [6.45, 7) is -0.0954. The molecule has 1 aromatic carbocycles. The van der Waals surface area contributed by atoms with Gasteiger partial charge in [0.05, 0.1) is 6.61 Å². The third-order valence-electron chi connectivity index (χ3n) is 2.56. The molecule has 0 aliphatic heterocycles. The molecule has 2 rings (SSSR count). The monoisotopic (exact) mass is 259 g/mol. The number of nitrogens with zero attached hydrogens (tertiary/aromatic N) is 2. The van der Waals surface area contributed by atoms with Gasteiger partial charge >= 0.3 is 0 Å². The van der Waals surface area contributed by atoms with Crippen molar-refractivity contribution in [3.63, 3.8) is 0 Å². The average molecular weight is 259 g/mol. The van der Waals surface area contributed by atoms with Crippen LogP contribution in [0.25, 0.3) is 0 Å². The molecule has 0 bridgehead atoms. The highest BCUT2D eigenvalue weighted by molar-refractivity contribution is 6.02. The molecule has 98 valence electrons. The van der Waals surface area contributed by atoms with Crippen LogP contribution in [0.15, 0.2) is 41.2 Å². The van der Waals surface area contributed by atoms with Gasteiger partial charge in [0.15, 0.2) is 0 Å². The topological polar surface area (TPSA) is 84.2 Å². The number of aliphatic hydroxyl groups is 1. The molecule has 19 heavy (non-hydrogen) atoms. The number of hydrogen-bond donors (Lipinski definition) is 2. The first kappa shape index (κ1) is 13.0. The highest BCUT2D eigenvalue weighted by atomic mass is 16.3. The van der Waals surface area contributed by atoms with Gasteiger partial charge in [0.25, 0.3) is 11.5 Å². The first-order valence-corrected chi connectivity index (χ1v) is 5.65. The molecule has 1 heterocycles. The number of aryl methyl sites for hydroxylation is 1. The summed E-state index contributed by atoms with van der Waals surface area (Å²) in [4.78, 5) is 23.1. The first-order valence-electron chi connectivity index (χ1n) is 5.65. The summed E-state index contributed by atoms with van der Waals surface area (Å²) in [5, 5.41) is 15.5. The summed E-state index contributed by atoms with van der Waals surface area (Å²) in [7, 11) is 1.48. The van der Waals surface area contributed by atoms with Crippen molar-refractivity contribution in [2.24, 2.45) is 7.05 Å². The fourth-order valence-electron chi connectivity index (χ4n) is 1.57. The zero-order valence-electron chi connectivity index (χ0n) is 10.3.